The number of likely N-dealkylation sites (N-methyl/N-ethyl adjacent to an activating group) is 1. The van der Waals surface area contributed by atoms with Crippen LogP contribution in [-0.4, -0.2) is 32.2 Å². The van der Waals surface area contributed by atoms with E-state index >= 15 is 0 Å². The fourth-order valence-electron chi connectivity index (χ4n) is 1.93. The van der Waals surface area contributed by atoms with E-state index in [1.807, 2.05) is 6.92 Å². The van der Waals surface area contributed by atoms with Gasteiger partial charge in [-0.3, -0.25) is 4.79 Å². The van der Waals surface area contributed by atoms with Gasteiger partial charge in [0.05, 0.1) is 11.4 Å². The first kappa shape index (κ1) is 17.5. The molecule has 0 radical (unpaired) electrons. The van der Waals surface area contributed by atoms with Crippen molar-refractivity contribution < 1.29 is 13.2 Å². The molecule has 0 aliphatic rings. The van der Waals surface area contributed by atoms with Gasteiger partial charge >= 0.3 is 0 Å². The van der Waals surface area contributed by atoms with Crippen LogP contribution in [-0.2, 0) is 14.8 Å². The van der Waals surface area contributed by atoms with E-state index in [-0.39, 0.29) is 11.4 Å². The number of sulfonamides is 1. The van der Waals surface area contributed by atoms with Gasteiger partial charge in [0, 0.05) is 17.8 Å². The molecule has 2 aromatic carbocycles. The average molecular weight is 353 g/mol. The van der Waals surface area contributed by atoms with Crippen LogP contribution in [0.2, 0.25) is 5.02 Å². The van der Waals surface area contributed by atoms with Crippen LogP contribution in [0, 0.1) is 6.92 Å². The van der Waals surface area contributed by atoms with Gasteiger partial charge in [-0.1, -0.05) is 35.9 Å². The van der Waals surface area contributed by atoms with E-state index in [1.54, 1.807) is 36.4 Å². The van der Waals surface area contributed by atoms with Crippen molar-refractivity contribution in [1.82, 2.24) is 4.31 Å². The summed E-state index contributed by atoms with van der Waals surface area (Å²) in [5.41, 5.74) is 1.42. The fraction of sp³-hybridized carbons (Fsp3) is 0.188. The molecule has 0 aliphatic heterocycles. The number of hydrogen-bond acceptors (Lipinski definition) is 3. The number of nitrogens with zero attached hydrogens (tertiary/aromatic N) is 1. The number of halogens is 1. The summed E-state index contributed by atoms with van der Waals surface area (Å²) in [6, 6.07) is 13.1. The van der Waals surface area contributed by atoms with E-state index < -0.39 is 15.9 Å². The first-order chi connectivity index (χ1) is 10.8. The fourth-order valence-corrected chi connectivity index (χ4v) is 3.26. The Morgan fingerprint density at radius 2 is 1.83 bits per heavy atom. The lowest BCUT2D eigenvalue weighted by atomic mass is 10.2. The molecule has 23 heavy (non-hydrogen) atoms. The van der Waals surface area contributed by atoms with Crippen molar-refractivity contribution in [2.24, 2.45) is 0 Å². The highest BCUT2D eigenvalue weighted by atomic mass is 35.5. The molecule has 0 unspecified atom stereocenters. The van der Waals surface area contributed by atoms with Crippen LogP contribution in [0.5, 0.6) is 0 Å². The van der Waals surface area contributed by atoms with Gasteiger partial charge in [0.2, 0.25) is 15.9 Å². The molecular formula is C16H17ClN2O3S. The van der Waals surface area contributed by atoms with Crippen LogP contribution in [0.4, 0.5) is 5.69 Å². The molecule has 0 heterocycles. The molecule has 0 aromatic heterocycles. The Morgan fingerprint density at radius 3 is 2.43 bits per heavy atom. The lowest BCUT2D eigenvalue weighted by molar-refractivity contribution is -0.116. The second-order valence-corrected chi connectivity index (χ2v) is 7.54. The zero-order valence-electron chi connectivity index (χ0n) is 12.8. The second kappa shape index (κ2) is 7.12. The summed E-state index contributed by atoms with van der Waals surface area (Å²) in [7, 11) is -2.33. The predicted molar refractivity (Wildman–Crippen MR) is 91.1 cm³/mol. The van der Waals surface area contributed by atoms with Gasteiger partial charge in [0.1, 0.15) is 0 Å². The lowest BCUT2D eigenvalue weighted by Gasteiger charge is -2.17. The van der Waals surface area contributed by atoms with Gasteiger partial charge in [-0.15, -0.1) is 0 Å². The number of carbonyl (C=O) groups excluding carboxylic acids is 1. The predicted octanol–water partition coefficient (Wildman–Crippen LogP) is 2.91. The van der Waals surface area contributed by atoms with Crippen LogP contribution in [0.15, 0.2) is 53.4 Å². The van der Waals surface area contributed by atoms with Crippen molar-refractivity contribution in [2.75, 3.05) is 18.9 Å². The number of benzene rings is 2. The largest absolute Gasteiger partial charge is 0.325 e. The SMILES string of the molecule is Cc1ccc(NC(=O)CN(C)S(=O)(=O)c2ccccc2)cc1Cl. The zero-order chi connectivity index (χ0) is 17.0. The summed E-state index contributed by atoms with van der Waals surface area (Å²) >= 11 is 6.00. The maximum atomic E-state index is 12.3. The van der Waals surface area contributed by atoms with Crippen molar-refractivity contribution >= 4 is 33.2 Å². The van der Waals surface area contributed by atoms with E-state index in [0.29, 0.717) is 10.7 Å². The number of nitrogens with one attached hydrogen (secondary N) is 1. The summed E-state index contributed by atoms with van der Waals surface area (Å²) in [4.78, 5) is 12.2. The molecule has 2 aromatic rings. The Hall–Kier alpha value is -1.89. The molecule has 0 aliphatic carbocycles. The van der Waals surface area contributed by atoms with E-state index in [1.165, 1.54) is 19.2 Å². The second-order valence-electron chi connectivity index (χ2n) is 5.09. The number of hydrogen-bond donors (Lipinski definition) is 1. The topological polar surface area (TPSA) is 66.5 Å². The Bertz CT molecular complexity index is 807. The summed E-state index contributed by atoms with van der Waals surface area (Å²) < 4.78 is 25.7. The smallest absolute Gasteiger partial charge is 0.243 e. The van der Waals surface area contributed by atoms with Crippen molar-refractivity contribution in [1.29, 1.82) is 0 Å². The first-order valence-electron chi connectivity index (χ1n) is 6.88. The van der Waals surface area contributed by atoms with Gasteiger partial charge in [-0.25, -0.2) is 8.42 Å². The lowest BCUT2D eigenvalue weighted by Crippen LogP contribution is -2.34. The molecule has 0 saturated heterocycles. The van der Waals surface area contributed by atoms with E-state index in [2.05, 4.69) is 5.32 Å². The molecule has 2 rings (SSSR count). The van der Waals surface area contributed by atoms with Crippen molar-refractivity contribution in [2.45, 2.75) is 11.8 Å². The molecule has 0 saturated carbocycles. The summed E-state index contributed by atoms with van der Waals surface area (Å²) in [6.45, 7) is 1.57. The molecule has 0 spiro atoms. The zero-order valence-corrected chi connectivity index (χ0v) is 14.4. The third kappa shape index (κ3) is 4.31. The Balaban J connectivity index is 2.06. The third-order valence-electron chi connectivity index (χ3n) is 3.27. The molecule has 0 atom stereocenters. The highest BCUT2D eigenvalue weighted by Gasteiger charge is 2.22. The Labute approximate surface area is 140 Å². The molecule has 1 N–H and O–H groups in total. The molecule has 7 heteroatoms. The highest BCUT2D eigenvalue weighted by molar-refractivity contribution is 7.89. The van der Waals surface area contributed by atoms with Crippen molar-refractivity contribution in [3.8, 4) is 0 Å². The van der Waals surface area contributed by atoms with E-state index in [9.17, 15) is 13.2 Å². The van der Waals surface area contributed by atoms with Gasteiger partial charge in [0.25, 0.3) is 0 Å². The van der Waals surface area contributed by atoms with Gasteiger partial charge in [0.15, 0.2) is 0 Å². The maximum Gasteiger partial charge on any atom is 0.243 e. The summed E-state index contributed by atoms with van der Waals surface area (Å²) in [5, 5.41) is 3.17. The molecule has 0 bridgehead atoms. The van der Waals surface area contributed by atoms with Crippen LogP contribution >= 0.6 is 11.6 Å². The standard InChI is InChI=1S/C16H17ClN2O3S/c1-12-8-9-13(10-15(12)17)18-16(20)11-19(2)23(21,22)14-6-4-3-5-7-14/h3-10H,11H2,1-2H3,(H,18,20). The van der Waals surface area contributed by atoms with Gasteiger partial charge in [-0.2, -0.15) is 4.31 Å². The van der Waals surface area contributed by atoms with Crippen LogP contribution in [0.3, 0.4) is 0 Å². The van der Waals surface area contributed by atoms with Crippen LogP contribution < -0.4 is 5.32 Å². The number of aryl methyl sites for hydroxylation is 1. The first-order valence-corrected chi connectivity index (χ1v) is 8.70. The number of anilines is 1. The molecule has 5 nitrogen and oxygen atoms in total. The van der Waals surface area contributed by atoms with Crippen molar-refractivity contribution in [3.63, 3.8) is 0 Å². The monoisotopic (exact) mass is 352 g/mol. The van der Waals surface area contributed by atoms with E-state index in [4.69, 9.17) is 11.6 Å². The van der Waals surface area contributed by atoms with Gasteiger partial charge in [-0.05, 0) is 36.8 Å². The average Bonchev–Trinajstić information content (AvgIpc) is 2.51. The number of carbonyl (C=O) groups is 1. The normalized spacial score (nSPS) is 11.5. The minimum Gasteiger partial charge on any atom is -0.325 e. The molecule has 0 fully saturated rings. The van der Waals surface area contributed by atoms with Crippen LogP contribution in [0.25, 0.3) is 0 Å². The summed E-state index contributed by atoms with van der Waals surface area (Å²) in [5.74, 6) is -0.438. The van der Waals surface area contributed by atoms with Gasteiger partial charge < -0.3 is 5.32 Å². The quantitative estimate of drug-likeness (QED) is 0.899. The molecule has 1 amide bonds. The number of amides is 1. The minimum atomic E-state index is -3.69. The Morgan fingerprint density at radius 1 is 1.17 bits per heavy atom. The van der Waals surface area contributed by atoms with E-state index in [0.717, 1.165) is 9.87 Å². The third-order valence-corrected chi connectivity index (χ3v) is 5.50. The summed E-state index contributed by atoms with van der Waals surface area (Å²) in [6.07, 6.45) is 0. The minimum absolute atomic E-state index is 0.147. The Kier molecular flexibility index (Phi) is 5.41. The number of rotatable bonds is 5. The molecule has 122 valence electrons. The highest BCUT2D eigenvalue weighted by Crippen LogP contribution is 2.20. The molecular weight excluding hydrogens is 336 g/mol. The maximum absolute atomic E-state index is 12.3. The van der Waals surface area contributed by atoms with Crippen LogP contribution in [0.1, 0.15) is 5.56 Å². The van der Waals surface area contributed by atoms with Crippen molar-refractivity contribution in [3.05, 3.63) is 59.1 Å².